The van der Waals surface area contributed by atoms with Crippen LogP contribution < -0.4 is 5.43 Å². The predicted molar refractivity (Wildman–Crippen MR) is 61.6 cm³/mol. The summed E-state index contributed by atoms with van der Waals surface area (Å²) in [5, 5.41) is 1.63. The van der Waals surface area contributed by atoms with Crippen molar-refractivity contribution in [2.75, 3.05) is 13.1 Å². The fraction of sp³-hybridized carbons (Fsp3) is 0.417. The highest BCUT2D eigenvalue weighted by Crippen LogP contribution is 2.07. The van der Waals surface area contributed by atoms with Crippen LogP contribution in [-0.4, -0.2) is 24.0 Å². The van der Waals surface area contributed by atoms with Crippen molar-refractivity contribution in [3.05, 3.63) is 35.4 Å². The molecule has 0 bridgehead atoms. The third-order valence-electron chi connectivity index (χ3n) is 2.18. The van der Waals surface area contributed by atoms with E-state index in [4.69, 9.17) is 0 Å². The van der Waals surface area contributed by atoms with Crippen LogP contribution >= 0.6 is 0 Å². The van der Waals surface area contributed by atoms with Gasteiger partial charge >= 0.3 is 0 Å². The first kappa shape index (κ1) is 11.7. The van der Waals surface area contributed by atoms with Gasteiger partial charge in [-0.15, -0.1) is 0 Å². The molecule has 1 fully saturated rings. The Bertz CT molecular complexity index is 315. The molecule has 3 heteroatoms. The van der Waals surface area contributed by atoms with Crippen LogP contribution in [0.2, 0.25) is 0 Å². The van der Waals surface area contributed by atoms with Gasteiger partial charge in [-0.25, -0.2) is 5.43 Å². The SMILES string of the molecule is CC.Cc1ccc(C(=O)N2CCN2)cc1. The second-order valence-corrected chi connectivity index (χ2v) is 3.23. The molecule has 1 amide bonds. The van der Waals surface area contributed by atoms with Crippen LogP contribution in [0, 0.1) is 6.92 Å². The number of nitrogens with zero attached hydrogens (tertiary/aromatic N) is 1. The first-order valence-corrected chi connectivity index (χ1v) is 5.39. The highest BCUT2D eigenvalue weighted by atomic mass is 16.2. The lowest BCUT2D eigenvalue weighted by Gasteiger charge is -2.31. The number of carbonyl (C=O) groups is 1. The monoisotopic (exact) mass is 206 g/mol. The molecule has 0 saturated carbocycles. The van der Waals surface area contributed by atoms with E-state index in [0.717, 1.165) is 18.7 Å². The van der Waals surface area contributed by atoms with Gasteiger partial charge in [-0.3, -0.25) is 9.80 Å². The number of hydrogen-bond donors (Lipinski definition) is 1. The Balaban J connectivity index is 0.000000531. The fourth-order valence-corrected chi connectivity index (χ4v) is 1.25. The molecule has 1 heterocycles. The fourth-order valence-electron chi connectivity index (χ4n) is 1.25. The number of hydrazine groups is 1. The van der Waals surface area contributed by atoms with E-state index in [2.05, 4.69) is 5.43 Å². The molecule has 0 spiro atoms. The van der Waals surface area contributed by atoms with E-state index >= 15 is 0 Å². The molecule has 1 aromatic rings. The van der Waals surface area contributed by atoms with Gasteiger partial charge < -0.3 is 0 Å². The molecule has 1 saturated heterocycles. The zero-order chi connectivity index (χ0) is 11.3. The van der Waals surface area contributed by atoms with Gasteiger partial charge in [0.1, 0.15) is 0 Å². The summed E-state index contributed by atoms with van der Waals surface area (Å²) < 4.78 is 0. The van der Waals surface area contributed by atoms with Crippen LogP contribution in [0.1, 0.15) is 29.8 Å². The summed E-state index contributed by atoms with van der Waals surface area (Å²) in [4.78, 5) is 11.6. The summed E-state index contributed by atoms with van der Waals surface area (Å²) in [6.07, 6.45) is 0. The second kappa shape index (κ2) is 5.51. The summed E-state index contributed by atoms with van der Waals surface area (Å²) in [5.41, 5.74) is 4.86. The van der Waals surface area contributed by atoms with Crippen LogP contribution in [0.15, 0.2) is 24.3 Å². The standard InChI is InChI=1S/C10H12N2O.C2H6/c1-8-2-4-9(5-3-8)10(13)12-7-6-11-12;1-2/h2-5,11H,6-7H2,1H3;1-2H3. The first-order chi connectivity index (χ1) is 7.27. The summed E-state index contributed by atoms with van der Waals surface area (Å²) in [7, 11) is 0. The number of carbonyl (C=O) groups excluding carboxylic acids is 1. The van der Waals surface area contributed by atoms with Crippen LogP contribution in [0.4, 0.5) is 0 Å². The molecule has 0 aliphatic carbocycles. The normalized spacial score (nSPS) is 13.7. The lowest BCUT2D eigenvalue weighted by Crippen LogP contribution is -2.56. The highest BCUT2D eigenvalue weighted by molar-refractivity contribution is 5.94. The van der Waals surface area contributed by atoms with Crippen molar-refractivity contribution < 1.29 is 4.79 Å². The average Bonchev–Trinajstić information content (AvgIpc) is 2.19. The lowest BCUT2D eigenvalue weighted by molar-refractivity contribution is 0.0485. The Morgan fingerprint density at radius 2 is 1.80 bits per heavy atom. The number of rotatable bonds is 1. The van der Waals surface area contributed by atoms with Crippen molar-refractivity contribution in [2.24, 2.45) is 0 Å². The minimum absolute atomic E-state index is 0.0613. The topological polar surface area (TPSA) is 32.3 Å². The van der Waals surface area contributed by atoms with Crippen LogP contribution in [0.5, 0.6) is 0 Å². The van der Waals surface area contributed by atoms with E-state index in [9.17, 15) is 4.79 Å². The Morgan fingerprint density at radius 1 is 1.27 bits per heavy atom. The van der Waals surface area contributed by atoms with Crippen molar-refractivity contribution >= 4 is 5.91 Å². The van der Waals surface area contributed by atoms with Crippen molar-refractivity contribution in [1.29, 1.82) is 0 Å². The van der Waals surface area contributed by atoms with Crippen LogP contribution in [-0.2, 0) is 0 Å². The van der Waals surface area contributed by atoms with E-state index in [-0.39, 0.29) is 5.91 Å². The molecule has 82 valence electrons. The van der Waals surface area contributed by atoms with Crippen molar-refractivity contribution in [2.45, 2.75) is 20.8 Å². The number of aryl methyl sites for hydroxylation is 1. The zero-order valence-corrected chi connectivity index (χ0v) is 9.58. The third-order valence-corrected chi connectivity index (χ3v) is 2.18. The quantitative estimate of drug-likeness (QED) is 0.762. The van der Waals surface area contributed by atoms with Crippen molar-refractivity contribution in [3.63, 3.8) is 0 Å². The van der Waals surface area contributed by atoms with Gasteiger partial charge in [-0.2, -0.15) is 0 Å². The molecular weight excluding hydrogens is 188 g/mol. The average molecular weight is 206 g/mol. The number of amides is 1. The van der Waals surface area contributed by atoms with Gasteiger partial charge in [0.05, 0.1) is 6.54 Å². The molecule has 2 rings (SSSR count). The minimum atomic E-state index is 0.0613. The maximum atomic E-state index is 11.6. The van der Waals surface area contributed by atoms with E-state index in [1.165, 1.54) is 5.56 Å². The molecule has 3 nitrogen and oxygen atoms in total. The van der Waals surface area contributed by atoms with Crippen LogP contribution in [0.3, 0.4) is 0 Å². The van der Waals surface area contributed by atoms with Gasteiger partial charge in [0, 0.05) is 12.1 Å². The molecule has 0 aromatic heterocycles. The maximum absolute atomic E-state index is 11.6. The Hall–Kier alpha value is -1.35. The first-order valence-electron chi connectivity index (χ1n) is 5.39. The smallest absolute Gasteiger partial charge is 0.268 e. The van der Waals surface area contributed by atoms with Gasteiger partial charge in [0.25, 0.3) is 5.91 Å². The molecule has 1 aliphatic heterocycles. The van der Waals surface area contributed by atoms with Crippen LogP contribution in [0.25, 0.3) is 0 Å². The van der Waals surface area contributed by atoms with E-state index in [1.54, 1.807) is 5.01 Å². The summed E-state index contributed by atoms with van der Waals surface area (Å²) in [6.45, 7) is 7.72. The predicted octanol–water partition coefficient (Wildman–Crippen LogP) is 1.98. The molecule has 0 atom stereocenters. The second-order valence-electron chi connectivity index (χ2n) is 3.23. The summed E-state index contributed by atoms with van der Waals surface area (Å²) in [6, 6.07) is 7.62. The van der Waals surface area contributed by atoms with Gasteiger partial charge in [-0.1, -0.05) is 31.5 Å². The Labute approximate surface area is 91.1 Å². The number of nitrogens with one attached hydrogen (secondary N) is 1. The van der Waals surface area contributed by atoms with Gasteiger partial charge in [-0.05, 0) is 19.1 Å². The Kier molecular flexibility index (Phi) is 4.31. The van der Waals surface area contributed by atoms with Crippen molar-refractivity contribution in [3.8, 4) is 0 Å². The molecule has 0 unspecified atom stereocenters. The molecular formula is C12H18N2O. The van der Waals surface area contributed by atoms with E-state index in [0.29, 0.717) is 0 Å². The van der Waals surface area contributed by atoms with Gasteiger partial charge in [0.2, 0.25) is 0 Å². The minimum Gasteiger partial charge on any atom is -0.273 e. The highest BCUT2D eigenvalue weighted by Gasteiger charge is 2.20. The van der Waals surface area contributed by atoms with Gasteiger partial charge in [0.15, 0.2) is 0 Å². The molecule has 1 N–H and O–H groups in total. The molecule has 15 heavy (non-hydrogen) atoms. The maximum Gasteiger partial charge on any atom is 0.268 e. The number of hydrogen-bond acceptors (Lipinski definition) is 2. The van der Waals surface area contributed by atoms with E-state index < -0.39 is 0 Å². The third kappa shape index (κ3) is 2.80. The number of benzene rings is 1. The lowest BCUT2D eigenvalue weighted by atomic mass is 10.1. The summed E-state index contributed by atoms with van der Waals surface area (Å²) in [5.74, 6) is 0.0613. The largest absolute Gasteiger partial charge is 0.273 e. The zero-order valence-electron chi connectivity index (χ0n) is 9.58. The molecule has 1 aliphatic rings. The van der Waals surface area contributed by atoms with Crippen molar-refractivity contribution in [1.82, 2.24) is 10.4 Å². The van der Waals surface area contributed by atoms with E-state index in [1.807, 2.05) is 45.0 Å². The summed E-state index contributed by atoms with van der Waals surface area (Å²) >= 11 is 0. The Morgan fingerprint density at radius 3 is 2.20 bits per heavy atom. The molecule has 0 radical (unpaired) electrons. The molecule has 1 aromatic carbocycles.